The number of hydrogen-bond acceptors (Lipinski definition) is 3. The van der Waals surface area contributed by atoms with Crippen molar-refractivity contribution in [2.75, 3.05) is 6.61 Å². The van der Waals surface area contributed by atoms with Gasteiger partial charge in [-0.05, 0) is 42.0 Å². The van der Waals surface area contributed by atoms with Crippen LogP contribution in [0.15, 0.2) is 78.9 Å². The first kappa shape index (κ1) is 28.9. The molecule has 202 valence electrons. The maximum Gasteiger partial charge on any atom is 0.261 e. The normalized spacial score (nSPS) is 12.9. The quantitative estimate of drug-likeness (QED) is 0.336. The van der Waals surface area contributed by atoms with E-state index < -0.39 is 17.8 Å². The Bertz CT molecular complexity index is 1210. The first-order chi connectivity index (χ1) is 18.1. The molecule has 0 aliphatic carbocycles. The summed E-state index contributed by atoms with van der Waals surface area (Å²) in [7, 11) is 0. The SMILES string of the molecule is CC[C@H](C)NC(=O)[C@@H](Cc1ccccc1)N(Cc1ccccc1F)C(=O)COc1ccccc1C(C)(C)C. The van der Waals surface area contributed by atoms with Crippen LogP contribution in [0.4, 0.5) is 4.39 Å². The number of amides is 2. The van der Waals surface area contributed by atoms with Crippen molar-refractivity contribution in [3.05, 3.63) is 101 Å². The molecule has 0 aliphatic heterocycles. The van der Waals surface area contributed by atoms with Crippen molar-refractivity contribution < 1.29 is 18.7 Å². The smallest absolute Gasteiger partial charge is 0.261 e. The molecular weight excluding hydrogens is 479 g/mol. The summed E-state index contributed by atoms with van der Waals surface area (Å²) < 4.78 is 20.8. The van der Waals surface area contributed by atoms with Crippen LogP contribution < -0.4 is 10.1 Å². The van der Waals surface area contributed by atoms with Crippen molar-refractivity contribution in [2.24, 2.45) is 0 Å². The van der Waals surface area contributed by atoms with Crippen molar-refractivity contribution in [3.8, 4) is 5.75 Å². The Morgan fingerprint density at radius 3 is 2.24 bits per heavy atom. The topological polar surface area (TPSA) is 58.6 Å². The lowest BCUT2D eigenvalue weighted by Gasteiger charge is -2.32. The molecule has 0 saturated carbocycles. The summed E-state index contributed by atoms with van der Waals surface area (Å²) in [4.78, 5) is 28.8. The number of rotatable bonds is 11. The third-order valence-electron chi connectivity index (χ3n) is 6.62. The van der Waals surface area contributed by atoms with Crippen molar-refractivity contribution in [3.63, 3.8) is 0 Å². The number of benzene rings is 3. The molecule has 1 N–H and O–H groups in total. The monoisotopic (exact) mass is 518 g/mol. The Morgan fingerprint density at radius 1 is 0.947 bits per heavy atom. The van der Waals surface area contributed by atoms with Crippen LogP contribution in [0.25, 0.3) is 0 Å². The Kier molecular flexibility index (Phi) is 10.1. The van der Waals surface area contributed by atoms with Crippen molar-refractivity contribution in [1.29, 1.82) is 0 Å². The number of carbonyl (C=O) groups excluding carboxylic acids is 2. The number of para-hydroxylation sites is 1. The lowest BCUT2D eigenvalue weighted by Crippen LogP contribution is -2.53. The summed E-state index contributed by atoms with van der Waals surface area (Å²) in [5.74, 6) is -0.479. The Morgan fingerprint density at radius 2 is 1.58 bits per heavy atom. The molecule has 2 atom stereocenters. The molecule has 3 rings (SSSR count). The second kappa shape index (κ2) is 13.2. The molecule has 0 aromatic heterocycles. The lowest BCUT2D eigenvalue weighted by atomic mass is 9.86. The van der Waals surface area contributed by atoms with Gasteiger partial charge in [0.15, 0.2) is 6.61 Å². The van der Waals surface area contributed by atoms with Gasteiger partial charge in [0.1, 0.15) is 17.6 Å². The molecule has 0 unspecified atom stereocenters. The van der Waals surface area contributed by atoms with E-state index in [0.717, 1.165) is 17.5 Å². The number of carbonyl (C=O) groups is 2. The van der Waals surface area contributed by atoms with Crippen molar-refractivity contribution >= 4 is 11.8 Å². The molecule has 0 heterocycles. The highest BCUT2D eigenvalue weighted by Gasteiger charge is 2.32. The molecule has 3 aromatic rings. The van der Waals surface area contributed by atoms with Crippen molar-refractivity contribution in [2.45, 2.75) is 71.5 Å². The van der Waals surface area contributed by atoms with E-state index in [1.807, 2.05) is 68.4 Å². The minimum atomic E-state index is -0.847. The van der Waals surface area contributed by atoms with Gasteiger partial charge < -0.3 is 15.0 Å². The van der Waals surface area contributed by atoms with Gasteiger partial charge in [0.25, 0.3) is 5.91 Å². The van der Waals surface area contributed by atoms with E-state index in [0.29, 0.717) is 17.7 Å². The molecule has 0 radical (unpaired) electrons. The second-order valence-electron chi connectivity index (χ2n) is 10.7. The summed E-state index contributed by atoms with van der Waals surface area (Å²) in [6, 6.07) is 22.6. The first-order valence-corrected chi connectivity index (χ1v) is 13.2. The van der Waals surface area contributed by atoms with Crippen LogP contribution in [0.1, 0.15) is 57.7 Å². The molecule has 0 aliphatic rings. The van der Waals surface area contributed by atoms with E-state index in [2.05, 4.69) is 26.1 Å². The van der Waals surface area contributed by atoms with E-state index in [-0.39, 0.29) is 30.5 Å². The molecule has 0 spiro atoms. The fraction of sp³-hybridized carbons (Fsp3) is 0.375. The fourth-order valence-electron chi connectivity index (χ4n) is 4.24. The van der Waals surface area contributed by atoms with Gasteiger partial charge in [0.05, 0.1) is 0 Å². The zero-order valence-corrected chi connectivity index (χ0v) is 23.0. The number of nitrogens with zero attached hydrogens (tertiary/aromatic N) is 1. The largest absolute Gasteiger partial charge is 0.483 e. The maximum absolute atomic E-state index is 14.7. The Hall–Kier alpha value is -3.67. The molecule has 38 heavy (non-hydrogen) atoms. The highest BCUT2D eigenvalue weighted by Crippen LogP contribution is 2.31. The Labute approximate surface area is 226 Å². The van der Waals surface area contributed by atoms with E-state index in [4.69, 9.17) is 4.74 Å². The Balaban J connectivity index is 1.96. The molecule has 6 heteroatoms. The summed E-state index contributed by atoms with van der Waals surface area (Å²) >= 11 is 0. The molecule has 2 amide bonds. The van der Waals surface area contributed by atoms with E-state index >= 15 is 0 Å². The second-order valence-corrected chi connectivity index (χ2v) is 10.7. The van der Waals surface area contributed by atoms with E-state index in [1.165, 1.54) is 11.0 Å². The molecule has 0 fully saturated rings. The molecular formula is C32H39FN2O3. The van der Waals surface area contributed by atoms with Crippen LogP contribution in [-0.4, -0.2) is 35.4 Å². The summed E-state index contributed by atoms with van der Waals surface area (Å²) in [6.45, 7) is 9.82. The predicted molar refractivity (Wildman–Crippen MR) is 149 cm³/mol. The zero-order valence-electron chi connectivity index (χ0n) is 23.0. The van der Waals surface area contributed by atoms with Crippen LogP contribution in [0, 0.1) is 5.82 Å². The molecule has 3 aromatic carbocycles. The maximum atomic E-state index is 14.7. The summed E-state index contributed by atoms with van der Waals surface area (Å²) in [5, 5.41) is 3.02. The van der Waals surface area contributed by atoms with Gasteiger partial charge in [-0.15, -0.1) is 0 Å². The highest BCUT2D eigenvalue weighted by atomic mass is 19.1. The molecule has 5 nitrogen and oxygen atoms in total. The van der Waals surface area contributed by atoms with Crippen LogP contribution in [0.5, 0.6) is 5.75 Å². The number of hydrogen-bond donors (Lipinski definition) is 1. The van der Waals surface area contributed by atoms with Crippen molar-refractivity contribution in [1.82, 2.24) is 10.2 Å². The van der Waals surface area contributed by atoms with Gasteiger partial charge in [0, 0.05) is 24.6 Å². The van der Waals surface area contributed by atoms with Gasteiger partial charge in [-0.25, -0.2) is 4.39 Å². The average Bonchev–Trinajstić information content (AvgIpc) is 2.90. The third kappa shape index (κ3) is 7.91. The van der Waals surface area contributed by atoms with E-state index in [9.17, 15) is 14.0 Å². The number of ether oxygens (including phenoxy) is 1. The third-order valence-corrected chi connectivity index (χ3v) is 6.62. The predicted octanol–water partition coefficient (Wildman–Crippen LogP) is 6.06. The summed E-state index contributed by atoms with van der Waals surface area (Å²) in [6.07, 6.45) is 1.04. The van der Waals surface area contributed by atoms with Gasteiger partial charge in [-0.2, -0.15) is 0 Å². The van der Waals surface area contributed by atoms with E-state index in [1.54, 1.807) is 18.2 Å². The summed E-state index contributed by atoms with van der Waals surface area (Å²) in [5.41, 5.74) is 2.04. The fourth-order valence-corrected chi connectivity index (χ4v) is 4.24. The van der Waals surface area contributed by atoms with Crippen LogP contribution in [-0.2, 0) is 28.0 Å². The minimum Gasteiger partial charge on any atom is -0.483 e. The zero-order chi connectivity index (χ0) is 27.7. The standard InChI is InChI=1S/C32H39FN2O3/c1-6-23(2)34-31(37)28(20-24-14-8-7-9-15-24)35(21-25-16-10-12-18-27(25)33)30(36)22-38-29-19-13-11-17-26(29)32(3,4)5/h7-19,23,28H,6,20-22H2,1-5H3,(H,34,37)/t23-,28+/m0/s1. The number of nitrogens with one attached hydrogen (secondary N) is 1. The average molecular weight is 519 g/mol. The first-order valence-electron chi connectivity index (χ1n) is 13.2. The van der Waals surface area contributed by atoms with Gasteiger partial charge in [0.2, 0.25) is 5.91 Å². The van der Waals surface area contributed by atoms with Crippen LogP contribution in [0.3, 0.4) is 0 Å². The molecule has 0 bridgehead atoms. The lowest BCUT2D eigenvalue weighted by molar-refractivity contribution is -0.143. The van der Waals surface area contributed by atoms with Crippen LogP contribution >= 0.6 is 0 Å². The molecule has 0 saturated heterocycles. The van der Waals surface area contributed by atoms with Crippen LogP contribution in [0.2, 0.25) is 0 Å². The highest BCUT2D eigenvalue weighted by molar-refractivity contribution is 5.88. The van der Waals surface area contributed by atoms with Gasteiger partial charge >= 0.3 is 0 Å². The van der Waals surface area contributed by atoms with Gasteiger partial charge in [-0.1, -0.05) is 94.4 Å². The minimum absolute atomic E-state index is 0.0544. The number of halogens is 1. The van der Waals surface area contributed by atoms with Gasteiger partial charge in [-0.3, -0.25) is 9.59 Å².